The third kappa shape index (κ3) is 4.50. The first-order valence-electron chi connectivity index (χ1n) is 6.34. The molecular weight excluding hydrogens is 304 g/mol. The van der Waals surface area contributed by atoms with Crippen LogP contribution in [0.4, 0.5) is 0 Å². The Morgan fingerprint density at radius 3 is 1.63 bits per heavy atom. The highest BCUT2D eigenvalue weighted by Crippen LogP contribution is 2.37. The minimum atomic E-state index is -2.78. The van der Waals surface area contributed by atoms with E-state index in [4.69, 9.17) is 33.7 Å². The molecule has 8 heteroatoms. The smallest absolute Gasteiger partial charge is 0.397 e. The Morgan fingerprint density at radius 2 is 1.32 bits per heavy atom. The number of hydrogen-bond acceptors (Lipinski definition) is 5. The summed E-state index contributed by atoms with van der Waals surface area (Å²) < 4.78 is 28.2. The van der Waals surface area contributed by atoms with Gasteiger partial charge in [-0.3, -0.25) is 0 Å². The molecule has 0 amide bonds. The third-order valence-corrected chi connectivity index (χ3v) is 12.8. The van der Waals surface area contributed by atoms with Gasteiger partial charge < -0.3 is 22.1 Å². The molecule has 0 saturated carbocycles. The molecule has 0 fully saturated rings. The van der Waals surface area contributed by atoms with Crippen molar-refractivity contribution >= 4 is 29.0 Å². The predicted octanol–water partition coefficient (Wildman–Crippen LogP) is 2.55. The maximum atomic E-state index is 5.78. The topological polar surface area (TPSA) is 46.2 Å². The zero-order valence-electron chi connectivity index (χ0n) is 12.8. The first-order chi connectivity index (χ1) is 9.02. The number of unbranched alkanes of at least 4 members (excludes halogenated alkanes) is 1. The lowest BCUT2D eigenvalue weighted by molar-refractivity contribution is 0.111. The normalized spacial score (nSPS) is 14.7. The van der Waals surface area contributed by atoms with Crippen molar-refractivity contribution in [2.75, 3.05) is 41.4 Å². The van der Waals surface area contributed by atoms with Crippen molar-refractivity contribution in [2.45, 2.75) is 31.0 Å². The van der Waals surface area contributed by atoms with Gasteiger partial charge in [0.15, 0.2) is 0 Å². The molecule has 0 aromatic heterocycles. The number of hydrogen-bond donors (Lipinski definition) is 0. The van der Waals surface area contributed by atoms with Crippen molar-refractivity contribution in [3.63, 3.8) is 0 Å². The van der Waals surface area contributed by atoms with Crippen molar-refractivity contribution in [2.24, 2.45) is 0 Å². The molecule has 0 N–H and O–H groups in total. The molecule has 0 bridgehead atoms. The molecule has 1 atom stereocenters. The highest BCUT2D eigenvalue weighted by atomic mass is 35.5. The van der Waals surface area contributed by atoms with Crippen LogP contribution in [0.25, 0.3) is 0 Å². The lowest BCUT2D eigenvalue weighted by atomic mass is 10.4. The van der Waals surface area contributed by atoms with E-state index in [0.29, 0.717) is 5.88 Å². The van der Waals surface area contributed by atoms with Crippen LogP contribution in [0.5, 0.6) is 0 Å². The molecule has 0 radical (unpaired) electrons. The highest BCUT2D eigenvalue weighted by Gasteiger charge is 2.58. The average Bonchev–Trinajstić information content (AvgIpc) is 2.46. The quantitative estimate of drug-likeness (QED) is 0.331. The maximum Gasteiger partial charge on any atom is 0.505 e. The van der Waals surface area contributed by atoms with E-state index in [2.05, 4.69) is 0 Å². The monoisotopic (exact) mass is 330 g/mol. The van der Waals surface area contributed by atoms with Gasteiger partial charge in [-0.15, -0.1) is 11.6 Å². The molecule has 0 aliphatic heterocycles. The number of halogens is 1. The molecule has 5 nitrogen and oxygen atoms in total. The van der Waals surface area contributed by atoms with Gasteiger partial charge in [-0.2, -0.15) is 0 Å². The van der Waals surface area contributed by atoms with E-state index in [0.717, 1.165) is 18.9 Å². The van der Waals surface area contributed by atoms with E-state index >= 15 is 0 Å². The molecule has 0 aromatic rings. The van der Waals surface area contributed by atoms with Crippen LogP contribution in [0, 0.1) is 0 Å². The molecule has 0 rings (SSSR count). The minimum Gasteiger partial charge on any atom is -0.397 e. The number of rotatable bonds is 11. The van der Waals surface area contributed by atoms with Crippen molar-refractivity contribution < 1.29 is 22.1 Å². The summed E-state index contributed by atoms with van der Waals surface area (Å²) in [6.45, 7) is 2.03. The fourth-order valence-electron chi connectivity index (χ4n) is 2.37. The summed E-state index contributed by atoms with van der Waals surface area (Å²) in [7, 11) is 2.97. The van der Waals surface area contributed by atoms with E-state index in [9.17, 15) is 0 Å². The Kier molecular flexibility index (Phi) is 9.72. The van der Waals surface area contributed by atoms with Gasteiger partial charge >= 0.3 is 17.4 Å². The lowest BCUT2D eigenvalue weighted by Gasteiger charge is -2.39. The molecule has 116 valence electrons. The molecule has 0 aliphatic carbocycles. The molecule has 0 aliphatic rings. The molecule has 0 saturated heterocycles. The van der Waals surface area contributed by atoms with Crippen LogP contribution in [0.15, 0.2) is 0 Å². The van der Waals surface area contributed by atoms with Crippen LogP contribution < -0.4 is 0 Å². The van der Waals surface area contributed by atoms with Gasteiger partial charge in [-0.25, -0.2) is 0 Å². The van der Waals surface area contributed by atoms with Crippen LogP contribution in [-0.2, 0) is 22.1 Å². The summed E-state index contributed by atoms with van der Waals surface area (Å²) in [6.07, 6.45) is 1.90. The largest absolute Gasteiger partial charge is 0.505 e. The maximum absolute atomic E-state index is 5.78. The zero-order chi connectivity index (χ0) is 14.9. The van der Waals surface area contributed by atoms with Gasteiger partial charge in [0.2, 0.25) is 0 Å². The summed E-state index contributed by atoms with van der Waals surface area (Å²) in [5.74, 6) is 0.647. The van der Waals surface area contributed by atoms with Crippen molar-refractivity contribution in [3.8, 4) is 0 Å². The van der Waals surface area contributed by atoms with Crippen molar-refractivity contribution in [1.82, 2.24) is 0 Å². The Morgan fingerprint density at radius 1 is 0.842 bits per heavy atom. The fraction of sp³-hybridized carbons (Fsp3) is 1.00. The Bertz CT molecular complexity index is 229. The van der Waals surface area contributed by atoms with E-state index in [1.807, 2.05) is 6.92 Å². The second-order valence-corrected chi connectivity index (χ2v) is 12.4. The van der Waals surface area contributed by atoms with Gasteiger partial charge in [-0.1, -0.05) is 13.3 Å². The van der Waals surface area contributed by atoms with Gasteiger partial charge in [-0.05, 0) is 12.5 Å². The molecular formula is C11H27ClO5Si2. The van der Waals surface area contributed by atoms with Crippen LogP contribution >= 0.6 is 11.6 Å². The standard InChI is InChI=1S/C11H27ClO5Si2/c1-11(19(15-4,16-5)17-6)18(13-2,14-3)10-8-7-9-12/h11H,7-10H2,1-6H3. The van der Waals surface area contributed by atoms with Gasteiger partial charge in [0.1, 0.15) is 0 Å². The van der Waals surface area contributed by atoms with Gasteiger partial charge in [0, 0.05) is 41.4 Å². The molecule has 0 spiro atoms. The van der Waals surface area contributed by atoms with E-state index < -0.39 is 17.4 Å². The summed E-state index contributed by atoms with van der Waals surface area (Å²) in [5.41, 5.74) is 0. The lowest BCUT2D eigenvalue weighted by Crippen LogP contribution is -2.59. The summed E-state index contributed by atoms with van der Waals surface area (Å²) in [5, 5.41) is -0.0228. The highest BCUT2D eigenvalue weighted by molar-refractivity contribution is 6.85. The summed E-state index contributed by atoms with van der Waals surface area (Å²) in [4.78, 5) is 0. The second kappa shape index (κ2) is 9.46. The van der Waals surface area contributed by atoms with E-state index in [-0.39, 0.29) is 5.16 Å². The Balaban J connectivity index is 5.12. The summed E-state index contributed by atoms with van der Waals surface area (Å²) >= 11 is 5.74. The first-order valence-corrected chi connectivity index (χ1v) is 10.8. The van der Waals surface area contributed by atoms with E-state index in [1.54, 1.807) is 35.5 Å². The Labute approximate surface area is 124 Å². The molecule has 0 aromatic carbocycles. The average molecular weight is 331 g/mol. The minimum absolute atomic E-state index is 0.0228. The van der Waals surface area contributed by atoms with Crippen molar-refractivity contribution in [3.05, 3.63) is 0 Å². The van der Waals surface area contributed by atoms with Crippen molar-refractivity contribution in [1.29, 1.82) is 0 Å². The van der Waals surface area contributed by atoms with Gasteiger partial charge in [0.25, 0.3) is 0 Å². The SMILES string of the molecule is CO[Si](CCCCCl)(OC)C(C)[Si](OC)(OC)OC. The zero-order valence-corrected chi connectivity index (χ0v) is 15.6. The summed E-state index contributed by atoms with van der Waals surface area (Å²) in [6, 6.07) is 0.846. The van der Waals surface area contributed by atoms with Crippen LogP contribution in [-0.4, -0.2) is 58.8 Å². The van der Waals surface area contributed by atoms with Crippen LogP contribution in [0.1, 0.15) is 19.8 Å². The molecule has 19 heavy (non-hydrogen) atoms. The third-order valence-electron chi connectivity index (χ3n) is 3.64. The second-order valence-electron chi connectivity index (χ2n) is 4.30. The first kappa shape index (κ1) is 19.5. The van der Waals surface area contributed by atoms with E-state index in [1.165, 1.54) is 0 Å². The fourth-order valence-corrected chi connectivity index (χ4v) is 10.9. The van der Waals surface area contributed by atoms with Crippen LogP contribution in [0.3, 0.4) is 0 Å². The molecule has 0 heterocycles. The van der Waals surface area contributed by atoms with Gasteiger partial charge in [0.05, 0.1) is 5.16 Å². The number of alkyl halides is 1. The molecule has 1 unspecified atom stereocenters. The Hall–Kier alpha value is 0.524. The van der Waals surface area contributed by atoms with Crippen LogP contribution in [0.2, 0.25) is 11.2 Å². The predicted molar refractivity (Wildman–Crippen MR) is 80.7 cm³/mol.